The Balaban J connectivity index is 2.53. The van der Waals surface area contributed by atoms with Crippen molar-refractivity contribution in [3.8, 4) is 0 Å². The predicted molar refractivity (Wildman–Crippen MR) is 78.1 cm³/mol. The van der Waals surface area contributed by atoms with Gasteiger partial charge >= 0.3 is 0 Å². The minimum atomic E-state index is -0.248. The number of nitrogens with zero attached hydrogens (tertiary/aromatic N) is 2. The molecule has 18 heavy (non-hydrogen) atoms. The number of fused-ring (bicyclic) bond motifs is 1. The van der Waals surface area contributed by atoms with Crippen LogP contribution in [0.2, 0.25) is 0 Å². The summed E-state index contributed by atoms with van der Waals surface area (Å²) in [4.78, 5) is 4.56. The fourth-order valence-corrected chi connectivity index (χ4v) is 2.43. The number of hydrogen-bond donors (Lipinski definition) is 0. The van der Waals surface area contributed by atoms with Gasteiger partial charge in [0.15, 0.2) is 0 Å². The maximum Gasteiger partial charge on any atom is 0.124 e. The first-order valence-electron chi connectivity index (χ1n) is 5.72. The fraction of sp³-hybridized carbons (Fsp3) is 0.462. The van der Waals surface area contributed by atoms with Crippen molar-refractivity contribution < 1.29 is 4.74 Å². The molecule has 0 N–H and O–H groups in total. The molecule has 0 atom stereocenters. The molecule has 0 unspecified atom stereocenters. The molecule has 0 saturated heterocycles. The highest BCUT2D eigenvalue weighted by Crippen LogP contribution is 2.24. The van der Waals surface area contributed by atoms with Crippen molar-refractivity contribution in [2.24, 2.45) is 0 Å². The van der Waals surface area contributed by atoms with Gasteiger partial charge in [-0.2, -0.15) is 0 Å². The normalized spacial score (nSPS) is 12.3. The molecule has 0 aliphatic rings. The third-order valence-corrected chi connectivity index (χ3v) is 3.73. The summed E-state index contributed by atoms with van der Waals surface area (Å²) in [6, 6.07) is 6.06. The number of imidazole rings is 1. The molecule has 0 amide bonds. The van der Waals surface area contributed by atoms with Crippen molar-refractivity contribution in [2.45, 2.75) is 31.9 Å². The van der Waals surface area contributed by atoms with E-state index in [0.29, 0.717) is 5.88 Å². The summed E-state index contributed by atoms with van der Waals surface area (Å²) in [5.74, 6) is 1.27. The van der Waals surface area contributed by atoms with Gasteiger partial charge in [0.1, 0.15) is 5.82 Å². The number of alkyl halides is 1. The van der Waals surface area contributed by atoms with Gasteiger partial charge < -0.3 is 9.30 Å². The van der Waals surface area contributed by atoms with Crippen LogP contribution < -0.4 is 0 Å². The average molecular weight is 332 g/mol. The standard InChI is InChI=1S/C13H16BrClN2O/c1-13(2,18-3)8-17-11-5-4-9(14)6-10(11)16-12(17)7-15/h4-6H,7-8H2,1-3H3. The lowest BCUT2D eigenvalue weighted by Crippen LogP contribution is -2.29. The van der Waals surface area contributed by atoms with Gasteiger partial charge in [-0.05, 0) is 32.0 Å². The second-order valence-corrected chi connectivity index (χ2v) is 6.03. The number of halogens is 2. The van der Waals surface area contributed by atoms with Crippen molar-refractivity contribution >= 4 is 38.6 Å². The minimum Gasteiger partial charge on any atom is -0.377 e. The van der Waals surface area contributed by atoms with E-state index in [9.17, 15) is 0 Å². The largest absolute Gasteiger partial charge is 0.377 e. The summed E-state index contributed by atoms with van der Waals surface area (Å²) in [6.45, 7) is 4.83. The highest BCUT2D eigenvalue weighted by molar-refractivity contribution is 9.10. The van der Waals surface area contributed by atoms with Crippen molar-refractivity contribution in [1.29, 1.82) is 0 Å². The topological polar surface area (TPSA) is 27.1 Å². The molecule has 0 radical (unpaired) electrons. The molecule has 2 aromatic rings. The summed E-state index contributed by atoms with van der Waals surface area (Å²) < 4.78 is 8.63. The number of aromatic nitrogens is 2. The van der Waals surface area contributed by atoms with E-state index >= 15 is 0 Å². The lowest BCUT2D eigenvalue weighted by Gasteiger charge is -2.24. The van der Waals surface area contributed by atoms with Crippen LogP contribution in [0.1, 0.15) is 19.7 Å². The quantitative estimate of drug-likeness (QED) is 0.793. The molecule has 3 nitrogen and oxygen atoms in total. The Morgan fingerprint density at radius 2 is 2.17 bits per heavy atom. The van der Waals surface area contributed by atoms with Crippen LogP contribution in [-0.4, -0.2) is 22.3 Å². The van der Waals surface area contributed by atoms with Crippen molar-refractivity contribution in [3.63, 3.8) is 0 Å². The zero-order valence-corrected chi connectivity index (χ0v) is 13.0. The third kappa shape index (κ3) is 2.71. The molecular weight excluding hydrogens is 316 g/mol. The number of ether oxygens (including phenoxy) is 1. The molecular formula is C13H16BrClN2O. The van der Waals surface area contributed by atoms with Crippen LogP contribution in [0.4, 0.5) is 0 Å². The van der Waals surface area contributed by atoms with Crippen molar-refractivity contribution in [3.05, 3.63) is 28.5 Å². The first kappa shape index (κ1) is 13.8. The Bertz CT molecular complexity index is 565. The van der Waals surface area contributed by atoms with E-state index in [0.717, 1.165) is 27.9 Å². The summed E-state index contributed by atoms with van der Waals surface area (Å²) in [7, 11) is 1.72. The smallest absolute Gasteiger partial charge is 0.124 e. The van der Waals surface area contributed by atoms with Crippen LogP contribution in [-0.2, 0) is 17.2 Å². The molecule has 5 heteroatoms. The van der Waals surface area contributed by atoms with Gasteiger partial charge in [0, 0.05) is 11.6 Å². The molecule has 0 saturated carbocycles. The Morgan fingerprint density at radius 1 is 1.44 bits per heavy atom. The maximum absolute atomic E-state index is 5.98. The van der Waals surface area contributed by atoms with Gasteiger partial charge in [0.25, 0.3) is 0 Å². The van der Waals surface area contributed by atoms with Gasteiger partial charge in [0.2, 0.25) is 0 Å². The molecule has 0 aliphatic carbocycles. The van der Waals surface area contributed by atoms with E-state index in [-0.39, 0.29) is 5.60 Å². The molecule has 0 bridgehead atoms. The van der Waals surface area contributed by atoms with Crippen LogP contribution in [0, 0.1) is 0 Å². The van der Waals surface area contributed by atoms with Crippen molar-refractivity contribution in [2.75, 3.05) is 7.11 Å². The van der Waals surface area contributed by atoms with Crippen LogP contribution in [0.5, 0.6) is 0 Å². The molecule has 0 aliphatic heterocycles. The van der Waals surface area contributed by atoms with E-state index in [1.165, 1.54) is 0 Å². The van der Waals surface area contributed by atoms with Gasteiger partial charge in [0.05, 0.1) is 29.1 Å². The third-order valence-electron chi connectivity index (χ3n) is 3.00. The zero-order valence-electron chi connectivity index (χ0n) is 10.7. The summed E-state index contributed by atoms with van der Waals surface area (Å²) in [5, 5.41) is 0. The monoisotopic (exact) mass is 330 g/mol. The van der Waals surface area contributed by atoms with Crippen LogP contribution >= 0.6 is 27.5 Å². The van der Waals surface area contributed by atoms with E-state index < -0.39 is 0 Å². The van der Waals surface area contributed by atoms with Crippen LogP contribution in [0.3, 0.4) is 0 Å². The van der Waals surface area contributed by atoms with E-state index in [4.69, 9.17) is 16.3 Å². The second kappa shape index (κ2) is 5.19. The van der Waals surface area contributed by atoms with Crippen LogP contribution in [0.15, 0.2) is 22.7 Å². The molecule has 1 aromatic carbocycles. The lowest BCUT2D eigenvalue weighted by atomic mass is 10.1. The van der Waals surface area contributed by atoms with Crippen LogP contribution in [0.25, 0.3) is 11.0 Å². The Labute approximate surface area is 120 Å². The number of benzene rings is 1. The van der Waals surface area contributed by atoms with E-state index in [2.05, 4.69) is 39.3 Å². The Kier molecular flexibility index (Phi) is 3.99. The molecule has 1 aromatic heterocycles. The minimum absolute atomic E-state index is 0.248. The molecule has 1 heterocycles. The Hall–Kier alpha value is -0.580. The average Bonchev–Trinajstić information content (AvgIpc) is 2.66. The van der Waals surface area contributed by atoms with Gasteiger partial charge in [-0.1, -0.05) is 15.9 Å². The predicted octanol–water partition coefficient (Wildman–Crippen LogP) is 3.96. The SMILES string of the molecule is COC(C)(C)Cn1c(CCl)nc2cc(Br)ccc21. The Morgan fingerprint density at radius 3 is 2.78 bits per heavy atom. The molecule has 0 fully saturated rings. The number of rotatable bonds is 4. The van der Waals surface area contributed by atoms with E-state index in [1.807, 2.05) is 18.2 Å². The zero-order chi connectivity index (χ0) is 13.3. The molecule has 0 spiro atoms. The molecule has 2 rings (SSSR count). The first-order valence-corrected chi connectivity index (χ1v) is 7.05. The van der Waals surface area contributed by atoms with Crippen molar-refractivity contribution in [1.82, 2.24) is 9.55 Å². The fourth-order valence-electron chi connectivity index (χ4n) is 1.88. The highest BCUT2D eigenvalue weighted by atomic mass is 79.9. The maximum atomic E-state index is 5.98. The van der Waals surface area contributed by atoms with Gasteiger partial charge in [-0.15, -0.1) is 11.6 Å². The summed E-state index contributed by atoms with van der Waals surface area (Å²) in [6.07, 6.45) is 0. The van der Waals surface area contributed by atoms with Gasteiger partial charge in [-0.25, -0.2) is 4.98 Å². The summed E-state index contributed by atoms with van der Waals surface area (Å²) in [5.41, 5.74) is 1.78. The second-order valence-electron chi connectivity index (χ2n) is 4.84. The number of hydrogen-bond acceptors (Lipinski definition) is 2. The van der Waals surface area contributed by atoms with E-state index in [1.54, 1.807) is 7.11 Å². The summed E-state index contributed by atoms with van der Waals surface area (Å²) >= 11 is 9.44. The lowest BCUT2D eigenvalue weighted by molar-refractivity contribution is 0.00854. The first-order chi connectivity index (χ1) is 8.46. The molecule has 98 valence electrons. The highest BCUT2D eigenvalue weighted by Gasteiger charge is 2.21. The van der Waals surface area contributed by atoms with Gasteiger partial charge in [-0.3, -0.25) is 0 Å². The number of methoxy groups -OCH3 is 1.